The lowest BCUT2D eigenvalue weighted by Gasteiger charge is -2.13. The Bertz CT molecular complexity index is 779. The molecule has 0 fully saturated rings. The summed E-state index contributed by atoms with van der Waals surface area (Å²) in [7, 11) is 0. The van der Waals surface area contributed by atoms with Crippen molar-refractivity contribution in [3.05, 3.63) is 52.6 Å². The number of nitrogens with one attached hydrogen (secondary N) is 1. The second-order valence-electron chi connectivity index (χ2n) is 6.56. The van der Waals surface area contributed by atoms with Gasteiger partial charge in [0.15, 0.2) is 0 Å². The molecule has 0 saturated carbocycles. The molecule has 5 nitrogen and oxygen atoms in total. The lowest BCUT2D eigenvalue weighted by atomic mass is 9.97. The molecule has 2 aromatic heterocycles. The van der Waals surface area contributed by atoms with Gasteiger partial charge in [-0.15, -0.1) is 11.8 Å². The van der Waals surface area contributed by atoms with Gasteiger partial charge in [-0.3, -0.25) is 4.79 Å². The molecule has 2 aromatic rings. The normalized spacial score (nSPS) is 14.2. The number of rotatable bonds is 7. The van der Waals surface area contributed by atoms with Crippen molar-refractivity contribution < 1.29 is 9.32 Å². The summed E-state index contributed by atoms with van der Waals surface area (Å²) in [6.07, 6.45) is 9.88. The summed E-state index contributed by atoms with van der Waals surface area (Å²) >= 11 is 1.54. The summed E-state index contributed by atoms with van der Waals surface area (Å²) in [6, 6.07) is 3.64. The summed E-state index contributed by atoms with van der Waals surface area (Å²) in [5.41, 5.74) is 4.05. The van der Waals surface area contributed by atoms with Crippen molar-refractivity contribution in [3.63, 3.8) is 0 Å². The molecule has 0 spiro atoms. The van der Waals surface area contributed by atoms with Gasteiger partial charge >= 0.3 is 0 Å². The van der Waals surface area contributed by atoms with E-state index in [2.05, 4.69) is 21.5 Å². The highest BCUT2D eigenvalue weighted by Gasteiger charge is 2.15. The molecule has 138 valence electrons. The van der Waals surface area contributed by atoms with Crippen LogP contribution in [0.4, 0.5) is 0 Å². The molecule has 0 atom stereocenters. The van der Waals surface area contributed by atoms with E-state index < -0.39 is 0 Å². The summed E-state index contributed by atoms with van der Waals surface area (Å²) in [4.78, 5) is 17.0. The number of carbonyl (C=O) groups excluding carboxylic acids is 1. The topological polar surface area (TPSA) is 68.0 Å². The molecule has 0 saturated heterocycles. The predicted molar refractivity (Wildman–Crippen MR) is 103 cm³/mol. The van der Waals surface area contributed by atoms with Crippen molar-refractivity contribution >= 4 is 17.7 Å². The van der Waals surface area contributed by atoms with Crippen molar-refractivity contribution in [1.29, 1.82) is 0 Å². The van der Waals surface area contributed by atoms with Gasteiger partial charge in [0.25, 0.3) is 5.91 Å². The van der Waals surface area contributed by atoms with Crippen LogP contribution >= 0.6 is 11.8 Å². The first-order chi connectivity index (χ1) is 12.6. The van der Waals surface area contributed by atoms with Crippen LogP contribution in [0.5, 0.6) is 0 Å². The van der Waals surface area contributed by atoms with Gasteiger partial charge in [-0.25, -0.2) is 4.98 Å². The van der Waals surface area contributed by atoms with Crippen LogP contribution in [-0.4, -0.2) is 22.6 Å². The van der Waals surface area contributed by atoms with Gasteiger partial charge in [0.2, 0.25) is 0 Å². The van der Waals surface area contributed by atoms with Crippen molar-refractivity contribution in [2.24, 2.45) is 0 Å². The van der Waals surface area contributed by atoms with Crippen molar-refractivity contribution in [2.45, 2.75) is 56.7 Å². The van der Waals surface area contributed by atoms with E-state index in [1.165, 1.54) is 43.0 Å². The van der Waals surface area contributed by atoms with Crippen LogP contribution < -0.4 is 5.32 Å². The third kappa shape index (κ3) is 4.75. The van der Waals surface area contributed by atoms with E-state index in [0.717, 1.165) is 28.5 Å². The van der Waals surface area contributed by atoms with Crippen LogP contribution in [0, 0.1) is 13.8 Å². The first-order valence-electron chi connectivity index (χ1n) is 9.11. The highest BCUT2D eigenvalue weighted by atomic mass is 32.2. The van der Waals surface area contributed by atoms with Crippen LogP contribution in [0.25, 0.3) is 0 Å². The number of amides is 1. The van der Waals surface area contributed by atoms with Gasteiger partial charge in [-0.2, -0.15) is 0 Å². The number of carbonyl (C=O) groups is 1. The lowest BCUT2D eigenvalue weighted by molar-refractivity contribution is 0.0950. The standard InChI is InChI=1S/C20H25N3O2S/c1-14-18(15(2)25-23-14)13-26-20-17(9-6-11-22-20)19(24)21-12-10-16-7-4-3-5-8-16/h6-7,9,11H,3-5,8,10,12-13H2,1-2H3,(H,21,24). The van der Waals surface area contributed by atoms with Crippen molar-refractivity contribution in [2.75, 3.05) is 6.54 Å². The minimum atomic E-state index is -0.0595. The van der Waals surface area contributed by atoms with Crippen LogP contribution in [0.15, 0.2) is 39.5 Å². The Hall–Kier alpha value is -2.08. The molecule has 1 amide bonds. The van der Waals surface area contributed by atoms with Crippen LogP contribution in [0.1, 0.15) is 59.5 Å². The molecule has 0 radical (unpaired) electrons. The number of aryl methyl sites for hydroxylation is 2. The monoisotopic (exact) mass is 371 g/mol. The lowest BCUT2D eigenvalue weighted by Crippen LogP contribution is -2.25. The average molecular weight is 372 g/mol. The zero-order chi connectivity index (χ0) is 18.4. The molecule has 0 bridgehead atoms. The Morgan fingerprint density at radius 1 is 1.35 bits per heavy atom. The van der Waals surface area contributed by atoms with Gasteiger partial charge in [-0.05, 0) is 58.1 Å². The Labute approximate surface area is 158 Å². The first-order valence-corrected chi connectivity index (χ1v) is 10.1. The van der Waals surface area contributed by atoms with E-state index in [0.29, 0.717) is 17.9 Å². The SMILES string of the molecule is Cc1noc(C)c1CSc1ncccc1C(=O)NCCC1=CCCCC1. The van der Waals surface area contributed by atoms with Crippen molar-refractivity contribution in [3.8, 4) is 0 Å². The third-order valence-electron chi connectivity index (χ3n) is 4.67. The summed E-state index contributed by atoms with van der Waals surface area (Å²) < 4.78 is 5.20. The van der Waals surface area contributed by atoms with Gasteiger partial charge in [-0.1, -0.05) is 16.8 Å². The number of pyridine rings is 1. The number of hydrogen-bond donors (Lipinski definition) is 1. The molecule has 1 aliphatic carbocycles. The Morgan fingerprint density at radius 2 is 2.23 bits per heavy atom. The third-order valence-corrected chi connectivity index (χ3v) is 5.70. The molecule has 2 heterocycles. The molecular formula is C20H25N3O2S. The summed E-state index contributed by atoms with van der Waals surface area (Å²) in [6.45, 7) is 4.51. The Balaban J connectivity index is 1.59. The second-order valence-corrected chi connectivity index (χ2v) is 7.53. The number of thioether (sulfide) groups is 1. The zero-order valence-electron chi connectivity index (χ0n) is 15.4. The molecule has 3 rings (SSSR count). The molecule has 26 heavy (non-hydrogen) atoms. The molecule has 0 aliphatic heterocycles. The van der Waals surface area contributed by atoms with Gasteiger partial charge in [0.05, 0.1) is 11.3 Å². The van der Waals surface area contributed by atoms with Crippen molar-refractivity contribution in [1.82, 2.24) is 15.5 Å². The van der Waals surface area contributed by atoms with Crippen LogP contribution in [-0.2, 0) is 5.75 Å². The second kappa shape index (κ2) is 9.03. The smallest absolute Gasteiger partial charge is 0.254 e. The number of hydrogen-bond acceptors (Lipinski definition) is 5. The minimum absolute atomic E-state index is 0.0595. The highest BCUT2D eigenvalue weighted by Crippen LogP contribution is 2.27. The fourth-order valence-electron chi connectivity index (χ4n) is 3.09. The fraction of sp³-hybridized carbons (Fsp3) is 0.450. The zero-order valence-corrected chi connectivity index (χ0v) is 16.2. The molecule has 1 N–H and O–H groups in total. The molecular weight excluding hydrogens is 346 g/mol. The molecule has 6 heteroatoms. The number of aromatic nitrogens is 2. The van der Waals surface area contributed by atoms with E-state index in [4.69, 9.17) is 4.52 Å². The number of allylic oxidation sites excluding steroid dienone is 1. The van der Waals surface area contributed by atoms with Gasteiger partial charge < -0.3 is 9.84 Å². The number of nitrogens with zero attached hydrogens (tertiary/aromatic N) is 2. The maximum Gasteiger partial charge on any atom is 0.254 e. The molecule has 0 unspecified atom stereocenters. The minimum Gasteiger partial charge on any atom is -0.361 e. The average Bonchev–Trinajstić information content (AvgIpc) is 2.99. The summed E-state index contributed by atoms with van der Waals surface area (Å²) in [5, 5.41) is 7.75. The van der Waals surface area contributed by atoms with E-state index >= 15 is 0 Å². The quantitative estimate of drug-likeness (QED) is 0.569. The predicted octanol–water partition coefficient (Wildman–Crippen LogP) is 4.60. The Morgan fingerprint density at radius 3 is 2.96 bits per heavy atom. The van der Waals surface area contributed by atoms with Gasteiger partial charge in [0.1, 0.15) is 10.8 Å². The fourth-order valence-corrected chi connectivity index (χ4v) is 4.24. The van der Waals surface area contributed by atoms with Gasteiger partial charge in [0, 0.05) is 24.1 Å². The van der Waals surface area contributed by atoms with E-state index in [9.17, 15) is 4.79 Å². The first kappa shape index (κ1) is 18.7. The molecule has 1 aliphatic rings. The summed E-state index contributed by atoms with van der Waals surface area (Å²) in [5.74, 6) is 1.44. The Kier molecular flexibility index (Phi) is 6.50. The maximum atomic E-state index is 12.6. The van der Waals surface area contributed by atoms with Crippen LogP contribution in [0.2, 0.25) is 0 Å². The van der Waals surface area contributed by atoms with E-state index in [1.807, 2.05) is 19.9 Å². The van der Waals surface area contributed by atoms with Crippen LogP contribution in [0.3, 0.4) is 0 Å². The maximum absolute atomic E-state index is 12.6. The highest BCUT2D eigenvalue weighted by molar-refractivity contribution is 7.98. The largest absolute Gasteiger partial charge is 0.361 e. The van der Waals surface area contributed by atoms with E-state index in [1.54, 1.807) is 12.3 Å². The molecule has 0 aromatic carbocycles. The van der Waals surface area contributed by atoms with E-state index in [-0.39, 0.29) is 5.91 Å².